The second-order valence-electron chi connectivity index (χ2n) is 10.3. The third-order valence-corrected chi connectivity index (χ3v) is 7.63. The van der Waals surface area contributed by atoms with E-state index in [4.69, 9.17) is 16.6 Å². The Morgan fingerprint density at radius 2 is 1.82 bits per heavy atom. The molecular weight excluding hydrogens is 513 g/mol. The molecule has 2 N–H and O–H groups in total. The molecule has 1 aliphatic heterocycles. The largest absolute Gasteiger partial charge is 0.433 e. The lowest BCUT2D eigenvalue weighted by atomic mass is 9.90. The summed E-state index contributed by atoms with van der Waals surface area (Å²) in [5.74, 6) is -0.115. The molecule has 0 spiro atoms. The average Bonchev–Trinajstić information content (AvgIpc) is 3.28. The number of hydrogen-bond donors (Lipinski definition) is 2. The van der Waals surface area contributed by atoms with Crippen LogP contribution in [0, 0.1) is 6.92 Å². The number of carbonyl (C=O) groups is 1. The van der Waals surface area contributed by atoms with Crippen molar-refractivity contribution in [2.45, 2.75) is 77.1 Å². The number of rotatable bonds is 6. The Labute approximate surface area is 224 Å². The van der Waals surface area contributed by atoms with Crippen LogP contribution >= 0.6 is 11.6 Å². The number of hydrogen-bond acceptors (Lipinski definition) is 4. The van der Waals surface area contributed by atoms with Crippen LogP contribution < -0.4 is 10.6 Å². The van der Waals surface area contributed by atoms with Gasteiger partial charge in [0, 0.05) is 45.9 Å². The van der Waals surface area contributed by atoms with Crippen LogP contribution in [0.5, 0.6) is 0 Å². The average molecular weight is 543 g/mol. The number of nitrogens with zero attached hydrogens (tertiary/aromatic N) is 2. The molecule has 1 amide bonds. The molecular formula is C29H30ClF3N4O. The number of alkyl halides is 3. The van der Waals surface area contributed by atoms with E-state index in [2.05, 4.69) is 22.5 Å². The van der Waals surface area contributed by atoms with Gasteiger partial charge in [0.15, 0.2) is 0 Å². The van der Waals surface area contributed by atoms with Crippen molar-refractivity contribution in [2.24, 2.45) is 4.99 Å². The zero-order chi connectivity index (χ0) is 27.0. The summed E-state index contributed by atoms with van der Waals surface area (Å²) in [6, 6.07) is 9.51. The van der Waals surface area contributed by atoms with Crippen molar-refractivity contribution < 1.29 is 18.0 Å². The Morgan fingerprint density at radius 3 is 2.53 bits per heavy atom. The Bertz CT molecular complexity index is 1410. The highest BCUT2D eigenvalue weighted by molar-refractivity contribution is 6.31. The smallest absolute Gasteiger partial charge is 0.382 e. The van der Waals surface area contributed by atoms with Gasteiger partial charge in [-0.3, -0.25) is 9.79 Å². The number of aromatic nitrogens is 1. The van der Waals surface area contributed by atoms with Gasteiger partial charge in [0.25, 0.3) is 5.91 Å². The molecule has 3 aromatic rings. The standard InChI is InChI=1S/C29H30ClF3N4O/c1-3-4-21-14-22-16(2)11-17(12-25(22)35-21)28(38)36-20-8-6-19(7-9-20)34-26-15-27(29(31,32)33)37-24-10-5-18(30)13-23(24)26/h5,10-13,15,19-20H,3-4,6-9,14H2,1-2H3,(H,34,37)(H,36,38). The van der Waals surface area contributed by atoms with Gasteiger partial charge >= 0.3 is 6.18 Å². The van der Waals surface area contributed by atoms with Gasteiger partial charge in [-0.15, -0.1) is 0 Å². The molecule has 0 bridgehead atoms. The monoisotopic (exact) mass is 542 g/mol. The maximum absolute atomic E-state index is 13.5. The summed E-state index contributed by atoms with van der Waals surface area (Å²) in [5, 5.41) is 7.43. The van der Waals surface area contributed by atoms with E-state index in [1.165, 1.54) is 23.4 Å². The summed E-state index contributed by atoms with van der Waals surface area (Å²) in [6.45, 7) is 4.16. The lowest BCUT2D eigenvalue weighted by molar-refractivity contribution is -0.140. The van der Waals surface area contributed by atoms with Gasteiger partial charge in [0.1, 0.15) is 5.69 Å². The van der Waals surface area contributed by atoms with Gasteiger partial charge in [-0.2, -0.15) is 13.2 Å². The molecule has 1 saturated carbocycles. The first-order valence-corrected chi connectivity index (χ1v) is 13.4. The van der Waals surface area contributed by atoms with Crippen molar-refractivity contribution in [3.05, 3.63) is 63.8 Å². The maximum Gasteiger partial charge on any atom is 0.433 e. The molecule has 5 rings (SSSR count). The highest BCUT2D eigenvalue weighted by Gasteiger charge is 2.34. The van der Waals surface area contributed by atoms with Crippen molar-refractivity contribution in [3.63, 3.8) is 0 Å². The molecule has 0 atom stereocenters. The van der Waals surface area contributed by atoms with Crippen LogP contribution in [0.15, 0.2) is 41.4 Å². The summed E-state index contributed by atoms with van der Waals surface area (Å²) in [6.07, 6.45) is 1.19. The van der Waals surface area contributed by atoms with Gasteiger partial charge in [-0.05, 0) is 86.6 Å². The van der Waals surface area contributed by atoms with Crippen LogP contribution in [0.25, 0.3) is 10.9 Å². The molecule has 0 saturated heterocycles. The second kappa shape index (κ2) is 10.6. The van der Waals surface area contributed by atoms with E-state index in [0.29, 0.717) is 34.5 Å². The van der Waals surface area contributed by atoms with Crippen LogP contribution in [0.3, 0.4) is 0 Å². The van der Waals surface area contributed by atoms with E-state index in [9.17, 15) is 18.0 Å². The summed E-state index contributed by atoms with van der Waals surface area (Å²) in [5.41, 5.74) is 4.63. The molecule has 2 aromatic carbocycles. The highest BCUT2D eigenvalue weighted by Crippen LogP contribution is 2.36. The van der Waals surface area contributed by atoms with E-state index in [1.807, 2.05) is 19.1 Å². The fourth-order valence-electron chi connectivity index (χ4n) is 5.44. The molecule has 9 heteroatoms. The molecule has 38 heavy (non-hydrogen) atoms. The number of halogens is 4. The summed E-state index contributed by atoms with van der Waals surface area (Å²) in [4.78, 5) is 21.6. The number of benzene rings is 2. The van der Waals surface area contributed by atoms with Gasteiger partial charge < -0.3 is 10.6 Å². The van der Waals surface area contributed by atoms with Crippen LogP contribution in [-0.4, -0.2) is 28.7 Å². The minimum absolute atomic E-state index is 0.00243. The fourth-order valence-corrected chi connectivity index (χ4v) is 5.61. The van der Waals surface area contributed by atoms with Crippen LogP contribution in [0.2, 0.25) is 5.02 Å². The molecule has 1 fully saturated rings. The molecule has 2 aliphatic rings. The first-order valence-electron chi connectivity index (χ1n) is 13.1. The topological polar surface area (TPSA) is 66.4 Å². The number of aryl methyl sites for hydroxylation is 1. The molecule has 2 heterocycles. The van der Waals surface area contributed by atoms with Crippen molar-refractivity contribution in [3.8, 4) is 0 Å². The SMILES string of the molecule is CCCC1=Nc2cc(C(=O)NC3CCC(Nc4cc(C(F)(F)F)nc5ccc(Cl)cc45)CC3)cc(C)c2C1. The summed E-state index contributed by atoms with van der Waals surface area (Å²) in [7, 11) is 0. The highest BCUT2D eigenvalue weighted by atomic mass is 35.5. The van der Waals surface area contributed by atoms with Crippen LogP contribution in [-0.2, 0) is 12.6 Å². The Kier molecular flexibility index (Phi) is 7.36. The van der Waals surface area contributed by atoms with E-state index < -0.39 is 11.9 Å². The molecule has 0 radical (unpaired) electrons. The zero-order valence-electron chi connectivity index (χ0n) is 21.4. The van der Waals surface area contributed by atoms with Crippen molar-refractivity contribution in [1.82, 2.24) is 10.3 Å². The van der Waals surface area contributed by atoms with Crippen LogP contribution in [0.1, 0.15) is 72.6 Å². The summed E-state index contributed by atoms with van der Waals surface area (Å²) >= 11 is 6.12. The first kappa shape index (κ1) is 26.5. The third kappa shape index (κ3) is 5.65. The summed E-state index contributed by atoms with van der Waals surface area (Å²) < 4.78 is 40.4. The number of pyridine rings is 1. The van der Waals surface area contributed by atoms with Gasteiger partial charge in [0.2, 0.25) is 0 Å². The number of aliphatic imine (C=N–C) groups is 1. The lowest BCUT2D eigenvalue weighted by Gasteiger charge is -2.31. The minimum Gasteiger partial charge on any atom is -0.382 e. The van der Waals surface area contributed by atoms with Crippen molar-refractivity contribution in [1.29, 1.82) is 0 Å². The predicted octanol–water partition coefficient (Wildman–Crippen LogP) is 7.80. The predicted molar refractivity (Wildman–Crippen MR) is 146 cm³/mol. The number of nitrogens with one attached hydrogen (secondary N) is 2. The number of anilines is 1. The quantitative estimate of drug-likeness (QED) is 0.334. The van der Waals surface area contributed by atoms with Crippen LogP contribution in [0.4, 0.5) is 24.5 Å². The van der Waals surface area contributed by atoms with E-state index in [-0.39, 0.29) is 23.5 Å². The molecule has 200 valence electrons. The molecule has 0 unspecified atom stereocenters. The third-order valence-electron chi connectivity index (χ3n) is 7.39. The second-order valence-corrected chi connectivity index (χ2v) is 10.7. The minimum atomic E-state index is -4.55. The van der Waals surface area contributed by atoms with Gasteiger partial charge in [-0.25, -0.2) is 4.98 Å². The maximum atomic E-state index is 13.5. The Hall–Kier alpha value is -3.13. The van der Waals surface area contributed by atoms with E-state index in [0.717, 1.165) is 49.4 Å². The number of amides is 1. The molecule has 1 aromatic heterocycles. The zero-order valence-corrected chi connectivity index (χ0v) is 22.1. The van der Waals surface area contributed by atoms with Gasteiger partial charge in [0.05, 0.1) is 11.2 Å². The Balaban J connectivity index is 1.24. The first-order chi connectivity index (χ1) is 18.1. The van der Waals surface area contributed by atoms with Crippen molar-refractivity contribution >= 4 is 45.5 Å². The Morgan fingerprint density at radius 1 is 1.08 bits per heavy atom. The lowest BCUT2D eigenvalue weighted by Crippen LogP contribution is -2.40. The molecule has 5 nitrogen and oxygen atoms in total. The van der Waals surface area contributed by atoms with E-state index >= 15 is 0 Å². The fraction of sp³-hybridized carbons (Fsp3) is 0.414. The van der Waals surface area contributed by atoms with Gasteiger partial charge in [-0.1, -0.05) is 24.9 Å². The van der Waals surface area contributed by atoms with E-state index in [1.54, 1.807) is 6.07 Å². The molecule has 1 aliphatic carbocycles. The normalized spacial score (nSPS) is 19.3. The number of carbonyl (C=O) groups excluding carboxylic acids is 1. The van der Waals surface area contributed by atoms with Crippen molar-refractivity contribution in [2.75, 3.05) is 5.32 Å². The number of fused-ring (bicyclic) bond motifs is 2.